The molecule has 0 spiro atoms. The highest BCUT2D eigenvalue weighted by molar-refractivity contribution is 7.93. The number of hydrogen-bond donors (Lipinski definition) is 2. The molecule has 1 aliphatic rings. The molecule has 3 N–H and O–H groups in total. The number of sulfonamides is 1. The number of carbonyl (C=O) groups is 1. The standard InChI is InChI=1S/C18H22N2O5S2/c1-10-4-6-12-14(8-10)26-18(16(12)17(19)21)20-27(22,23)15-9-11(24-2)5-7-13(15)25-3/h5,7,9-10,20H,4,6,8H2,1-3H3,(H2,19,21)/t10-/m1/s1. The highest BCUT2D eigenvalue weighted by atomic mass is 32.2. The summed E-state index contributed by atoms with van der Waals surface area (Å²) in [6, 6.07) is 4.50. The Labute approximate surface area is 162 Å². The van der Waals surface area contributed by atoms with E-state index in [0.717, 1.165) is 29.7 Å². The van der Waals surface area contributed by atoms with Crippen molar-refractivity contribution < 1.29 is 22.7 Å². The van der Waals surface area contributed by atoms with Gasteiger partial charge in [-0.15, -0.1) is 11.3 Å². The third-order valence-corrected chi connectivity index (χ3v) is 7.32. The zero-order valence-corrected chi connectivity index (χ0v) is 17.0. The van der Waals surface area contributed by atoms with Gasteiger partial charge in [0.2, 0.25) is 0 Å². The van der Waals surface area contributed by atoms with Crippen LogP contribution in [0.2, 0.25) is 0 Å². The Balaban J connectivity index is 2.06. The monoisotopic (exact) mass is 410 g/mol. The molecule has 3 rings (SSSR count). The highest BCUT2D eigenvalue weighted by Gasteiger charge is 2.30. The van der Waals surface area contributed by atoms with Crippen LogP contribution in [0.1, 0.15) is 34.1 Å². The van der Waals surface area contributed by atoms with Crippen LogP contribution >= 0.6 is 11.3 Å². The summed E-state index contributed by atoms with van der Waals surface area (Å²) in [5.41, 5.74) is 6.70. The minimum Gasteiger partial charge on any atom is -0.497 e. The quantitative estimate of drug-likeness (QED) is 0.761. The van der Waals surface area contributed by atoms with Gasteiger partial charge in [-0.05, 0) is 42.9 Å². The molecule has 1 aromatic carbocycles. The molecule has 0 saturated heterocycles. The summed E-state index contributed by atoms with van der Waals surface area (Å²) < 4.78 is 38.9. The van der Waals surface area contributed by atoms with Crippen LogP contribution in [-0.2, 0) is 22.9 Å². The molecule has 1 aromatic heterocycles. The third kappa shape index (κ3) is 3.74. The van der Waals surface area contributed by atoms with Crippen molar-refractivity contribution >= 4 is 32.3 Å². The van der Waals surface area contributed by atoms with Crippen LogP contribution in [0.15, 0.2) is 23.1 Å². The Hall–Kier alpha value is -2.26. The number of rotatable bonds is 6. The molecule has 1 atom stereocenters. The minimum atomic E-state index is -4.01. The number of benzene rings is 1. The molecular weight excluding hydrogens is 388 g/mol. The summed E-state index contributed by atoms with van der Waals surface area (Å²) in [6.07, 6.45) is 2.47. The fourth-order valence-electron chi connectivity index (χ4n) is 3.25. The van der Waals surface area contributed by atoms with Gasteiger partial charge in [-0.3, -0.25) is 9.52 Å². The number of fused-ring (bicyclic) bond motifs is 1. The number of methoxy groups -OCH3 is 2. The van der Waals surface area contributed by atoms with Crippen molar-refractivity contribution in [2.24, 2.45) is 11.7 Å². The van der Waals surface area contributed by atoms with E-state index in [1.165, 1.54) is 37.7 Å². The first kappa shape index (κ1) is 19.5. The highest BCUT2D eigenvalue weighted by Crippen LogP contribution is 2.41. The maximum atomic E-state index is 13.0. The van der Waals surface area contributed by atoms with Gasteiger partial charge in [0.1, 0.15) is 21.4 Å². The summed E-state index contributed by atoms with van der Waals surface area (Å²) in [7, 11) is -1.17. The van der Waals surface area contributed by atoms with Crippen LogP contribution in [0.5, 0.6) is 11.5 Å². The average molecular weight is 411 g/mol. The number of hydrogen-bond acceptors (Lipinski definition) is 6. The lowest BCUT2D eigenvalue weighted by atomic mass is 9.88. The average Bonchev–Trinajstić information content (AvgIpc) is 2.97. The van der Waals surface area contributed by atoms with Gasteiger partial charge < -0.3 is 15.2 Å². The van der Waals surface area contributed by atoms with Gasteiger partial charge in [-0.1, -0.05) is 6.92 Å². The second kappa shape index (κ2) is 7.40. The van der Waals surface area contributed by atoms with Gasteiger partial charge in [0.25, 0.3) is 15.9 Å². The van der Waals surface area contributed by atoms with Gasteiger partial charge in [-0.2, -0.15) is 0 Å². The maximum Gasteiger partial charge on any atom is 0.266 e. The van der Waals surface area contributed by atoms with Gasteiger partial charge in [0.15, 0.2) is 0 Å². The van der Waals surface area contributed by atoms with E-state index in [1.54, 1.807) is 6.07 Å². The van der Waals surface area contributed by atoms with Crippen LogP contribution in [0.25, 0.3) is 0 Å². The molecule has 27 heavy (non-hydrogen) atoms. The Bertz CT molecular complexity index is 982. The summed E-state index contributed by atoms with van der Waals surface area (Å²) in [5, 5.41) is 0.256. The molecule has 0 radical (unpaired) electrons. The molecular formula is C18H22N2O5S2. The van der Waals surface area contributed by atoms with Crippen LogP contribution < -0.4 is 19.9 Å². The lowest BCUT2D eigenvalue weighted by Crippen LogP contribution is -2.20. The summed E-state index contributed by atoms with van der Waals surface area (Å²) in [6.45, 7) is 2.14. The molecule has 2 aromatic rings. The molecule has 0 fully saturated rings. The van der Waals surface area contributed by atoms with Crippen molar-refractivity contribution in [2.45, 2.75) is 31.1 Å². The van der Waals surface area contributed by atoms with Crippen molar-refractivity contribution in [3.05, 3.63) is 34.2 Å². The van der Waals surface area contributed by atoms with Crippen molar-refractivity contribution in [3.63, 3.8) is 0 Å². The lowest BCUT2D eigenvalue weighted by Gasteiger charge is -2.18. The number of primary amides is 1. The Morgan fingerprint density at radius 2 is 2.04 bits per heavy atom. The largest absolute Gasteiger partial charge is 0.497 e. The molecule has 1 heterocycles. The molecule has 0 saturated carbocycles. The Kier molecular flexibility index (Phi) is 5.34. The smallest absolute Gasteiger partial charge is 0.266 e. The fourth-order valence-corrected chi connectivity index (χ4v) is 6.16. The van der Waals surface area contributed by atoms with E-state index in [2.05, 4.69) is 11.6 Å². The zero-order chi connectivity index (χ0) is 19.8. The van der Waals surface area contributed by atoms with Crippen LogP contribution in [0.4, 0.5) is 5.00 Å². The predicted octanol–water partition coefficient (Wildman–Crippen LogP) is 2.79. The fraction of sp³-hybridized carbons (Fsp3) is 0.389. The van der Waals surface area contributed by atoms with E-state index in [0.29, 0.717) is 11.7 Å². The normalized spacial score (nSPS) is 16.5. The number of nitrogens with two attached hydrogens (primary N) is 1. The van der Waals surface area contributed by atoms with Crippen molar-refractivity contribution in [1.82, 2.24) is 0 Å². The SMILES string of the molecule is COc1ccc(OC)c(S(=O)(=O)Nc2sc3c(c2C(N)=O)CC[C@@H](C)C3)c1. The summed E-state index contributed by atoms with van der Waals surface area (Å²) in [5.74, 6) is 0.418. The first-order valence-corrected chi connectivity index (χ1v) is 10.8. The van der Waals surface area contributed by atoms with Gasteiger partial charge in [0.05, 0.1) is 19.8 Å². The van der Waals surface area contributed by atoms with Gasteiger partial charge in [0, 0.05) is 10.9 Å². The molecule has 9 heteroatoms. The lowest BCUT2D eigenvalue weighted by molar-refractivity contribution is 0.100. The van der Waals surface area contributed by atoms with Crippen LogP contribution in [0, 0.1) is 5.92 Å². The second-order valence-electron chi connectivity index (χ2n) is 6.54. The molecule has 1 amide bonds. The number of thiophene rings is 1. The van der Waals surface area contributed by atoms with Gasteiger partial charge in [-0.25, -0.2) is 8.42 Å². The van der Waals surface area contributed by atoms with Gasteiger partial charge >= 0.3 is 0 Å². The van der Waals surface area contributed by atoms with Crippen LogP contribution in [0.3, 0.4) is 0 Å². The first-order chi connectivity index (χ1) is 12.8. The number of ether oxygens (including phenoxy) is 2. The third-order valence-electron chi connectivity index (χ3n) is 4.65. The Morgan fingerprint density at radius 3 is 2.67 bits per heavy atom. The summed E-state index contributed by atoms with van der Waals surface area (Å²) >= 11 is 1.28. The topological polar surface area (TPSA) is 108 Å². The van der Waals surface area contributed by atoms with Crippen molar-refractivity contribution in [1.29, 1.82) is 0 Å². The van der Waals surface area contributed by atoms with E-state index in [4.69, 9.17) is 15.2 Å². The second-order valence-corrected chi connectivity index (χ2v) is 9.30. The first-order valence-electron chi connectivity index (χ1n) is 8.46. The molecule has 0 bridgehead atoms. The molecule has 7 nitrogen and oxygen atoms in total. The number of nitrogens with one attached hydrogen (secondary N) is 1. The van der Waals surface area contributed by atoms with Crippen molar-refractivity contribution in [2.75, 3.05) is 18.9 Å². The summed E-state index contributed by atoms with van der Waals surface area (Å²) in [4.78, 5) is 13.0. The Morgan fingerprint density at radius 1 is 1.30 bits per heavy atom. The number of anilines is 1. The maximum absolute atomic E-state index is 13.0. The number of amides is 1. The van der Waals surface area contributed by atoms with E-state index < -0.39 is 15.9 Å². The van der Waals surface area contributed by atoms with E-state index in [9.17, 15) is 13.2 Å². The van der Waals surface area contributed by atoms with E-state index in [-0.39, 0.29) is 21.2 Å². The van der Waals surface area contributed by atoms with Crippen LogP contribution in [-0.4, -0.2) is 28.5 Å². The van der Waals surface area contributed by atoms with E-state index >= 15 is 0 Å². The minimum absolute atomic E-state index is 0.0699. The molecule has 1 aliphatic carbocycles. The molecule has 0 unspecified atom stereocenters. The molecule has 0 aliphatic heterocycles. The van der Waals surface area contributed by atoms with E-state index in [1.807, 2.05) is 0 Å². The zero-order valence-electron chi connectivity index (χ0n) is 15.4. The molecule has 146 valence electrons. The number of carbonyl (C=O) groups excluding carboxylic acids is 1. The van der Waals surface area contributed by atoms with Crippen molar-refractivity contribution in [3.8, 4) is 11.5 Å². The predicted molar refractivity (Wildman–Crippen MR) is 104 cm³/mol.